The Morgan fingerprint density at radius 1 is 1.02 bits per heavy atom. The first-order valence-electron chi connectivity index (χ1n) is 16.7. The van der Waals surface area contributed by atoms with Crippen molar-refractivity contribution in [2.75, 3.05) is 32.9 Å². The molecule has 1 unspecified atom stereocenters. The molecule has 1 aromatic heterocycles. The van der Waals surface area contributed by atoms with E-state index >= 15 is 0 Å². The standard InChI is InChI=1S/C36H46ClN3O9/c1-22-14-24(29(37)15-23(22)6-4-5-12-39-35(46)40-17-30(42)33(44)34(45)31(43)18-41)19-48-36(10-11-36)28-16-38-13-9-26(28)27-7-2-3-8-32(27)49-25-20-47-21-25/h2-3,7-9,13-16,25,30-31,33-34,41-45H,4-6,10-12,17-21H2,1H3,(H2,39,40,46)/t30-,31?,33+,34+/m1/s1. The molecular weight excluding hydrogens is 654 g/mol. The lowest BCUT2D eigenvalue weighted by molar-refractivity contribution is -0.113. The number of rotatable bonds is 18. The SMILES string of the molecule is Cc1cc(COC2(c3cnccc3-c3ccccc3OC3COC3)CC2)c(Cl)cc1CCCCNC(=O)NC[C@@H](O)[C@H](O)[C@@H](O)C(O)CO. The van der Waals surface area contributed by atoms with E-state index in [1.54, 1.807) is 6.20 Å². The van der Waals surface area contributed by atoms with Crippen LogP contribution in [-0.2, 0) is 28.1 Å². The number of halogens is 1. The Bertz CT molecular complexity index is 1550. The summed E-state index contributed by atoms with van der Waals surface area (Å²) in [5, 5.41) is 53.5. The number of hydrogen-bond acceptors (Lipinski definition) is 10. The monoisotopic (exact) mass is 699 g/mol. The lowest BCUT2D eigenvalue weighted by Crippen LogP contribution is -2.50. The van der Waals surface area contributed by atoms with Crippen LogP contribution in [0.1, 0.15) is 47.9 Å². The van der Waals surface area contributed by atoms with Gasteiger partial charge in [0.05, 0.1) is 38.1 Å². The van der Waals surface area contributed by atoms with Crippen molar-refractivity contribution in [2.45, 2.75) is 81.8 Å². The summed E-state index contributed by atoms with van der Waals surface area (Å²) >= 11 is 6.76. The number of aromatic nitrogens is 1. The fraction of sp³-hybridized carbons (Fsp3) is 0.500. The number of hydrogen-bond donors (Lipinski definition) is 7. The predicted octanol–water partition coefficient (Wildman–Crippen LogP) is 2.75. The number of nitrogens with zero attached hydrogens (tertiary/aromatic N) is 1. The first kappa shape index (κ1) is 36.9. The second-order valence-electron chi connectivity index (χ2n) is 12.7. The first-order chi connectivity index (χ1) is 23.6. The molecule has 3 aromatic rings. The number of urea groups is 1. The van der Waals surface area contributed by atoms with Crippen LogP contribution in [0.3, 0.4) is 0 Å². The Morgan fingerprint density at radius 2 is 1.78 bits per heavy atom. The minimum absolute atomic E-state index is 0.0559. The van der Waals surface area contributed by atoms with Crippen molar-refractivity contribution in [3.8, 4) is 16.9 Å². The number of aliphatic hydroxyl groups excluding tert-OH is 5. The van der Waals surface area contributed by atoms with Gasteiger partial charge in [0.25, 0.3) is 0 Å². The molecule has 1 aliphatic heterocycles. The van der Waals surface area contributed by atoms with Crippen molar-refractivity contribution in [3.05, 3.63) is 82.1 Å². The zero-order valence-electron chi connectivity index (χ0n) is 27.6. The van der Waals surface area contributed by atoms with Gasteiger partial charge in [-0.3, -0.25) is 4.98 Å². The van der Waals surface area contributed by atoms with Gasteiger partial charge in [0.1, 0.15) is 30.2 Å². The summed E-state index contributed by atoms with van der Waals surface area (Å²) in [7, 11) is 0. The van der Waals surface area contributed by atoms with Gasteiger partial charge in [0.2, 0.25) is 0 Å². The normalized spacial score (nSPS) is 17.8. The van der Waals surface area contributed by atoms with Gasteiger partial charge in [0, 0.05) is 41.6 Å². The van der Waals surface area contributed by atoms with Crippen LogP contribution in [0.5, 0.6) is 5.75 Å². The van der Waals surface area contributed by atoms with E-state index < -0.39 is 42.7 Å². The number of aliphatic hydroxyl groups is 5. The van der Waals surface area contributed by atoms with E-state index in [1.165, 1.54) is 0 Å². The number of benzene rings is 2. The highest BCUT2D eigenvalue weighted by Gasteiger charge is 2.48. The largest absolute Gasteiger partial charge is 0.485 e. The molecule has 2 aromatic carbocycles. The average molecular weight is 700 g/mol. The van der Waals surface area contributed by atoms with E-state index in [2.05, 4.69) is 27.8 Å². The van der Waals surface area contributed by atoms with Gasteiger partial charge < -0.3 is 50.4 Å². The van der Waals surface area contributed by atoms with E-state index in [1.807, 2.05) is 43.5 Å². The third-order valence-electron chi connectivity index (χ3n) is 9.06. The van der Waals surface area contributed by atoms with Crippen molar-refractivity contribution in [1.29, 1.82) is 0 Å². The molecule has 0 spiro atoms. The summed E-state index contributed by atoms with van der Waals surface area (Å²) in [6.07, 6.45) is 1.15. The molecule has 1 saturated carbocycles. The van der Waals surface area contributed by atoms with Crippen LogP contribution in [0.15, 0.2) is 54.9 Å². The van der Waals surface area contributed by atoms with Crippen molar-refractivity contribution in [3.63, 3.8) is 0 Å². The highest BCUT2D eigenvalue weighted by atomic mass is 35.5. The third-order valence-corrected chi connectivity index (χ3v) is 9.41. The maximum absolute atomic E-state index is 12.1. The number of nitrogens with one attached hydrogen (secondary N) is 2. The molecule has 2 fully saturated rings. The van der Waals surface area contributed by atoms with E-state index in [4.69, 9.17) is 30.9 Å². The van der Waals surface area contributed by atoms with Gasteiger partial charge in [-0.15, -0.1) is 0 Å². The molecule has 49 heavy (non-hydrogen) atoms. The summed E-state index contributed by atoms with van der Waals surface area (Å²) in [6.45, 7) is 2.86. The zero-order valence-corrected chi connectivity index (χ0v) is 28.3. The van der Waals surface area contributed by atoms with Crippen molar-refractivity contribution in [1.82, 2.24) is 15.6 Å². The van der Waals surface area contributed by atoms with Crippen LogP contribution >= 0.6 is 11.6 Å². The highest BCUT2D eigenvalue weighted by molar-refractivity contribution is 6.31. The summed E-state index contributed by atoms with van der Waals surface area (Å²) in [4.78, 5) is 16.5. The van der Waals surface area contributed by atoms with Crippen LogP contribution in [0.2, 0.25) is 5.02 Å². The Morgan fingerprint density at radius 3 is 2.49 bits per heavy atom. The van der Waals surface area contributed by atoms with Gasteiger partial charge in [-0.25, -0.2) is 4.79 Å². The molecule has 5 rings (SSSR count). The van der Waals surface area contributed by atoms with Crippen molar-refractivity contribution in [2.24, 2.45) is 0 Å². The van der Waals surface area contributed by atoms with E-state index in [0.717, 1.165) is 64.8 Å². The van der Waals surface area contributed by atoms with Crippen LogP contribution in [-0.4, -0.2) is 100.0 Å². The molecule has 7 N–H and O–H groups in total. The van der Waals surface area contributed by atoms with Crippen molar-refractivity contribution >= 4 is 17.6 Å². The fourth-order valence-electron chi connectivity index (χ4n) is 5.82. The molecule has 0 bridgehead atoms. The second-order valence-corrected chi connectivity index (χ2v) is 13.1. The fourth-order valence-corrected chi connectivity index (χ4v) is 6.06. The van der Waals surface area contributed by atoms with E-state index in [9.17, 15) is 25.2 Å². The maximum atomic E-state index is 12.1. The molecule has 13 heteroatoms. The number of ether oxygens (including phenoxy) is 3. The molecule has 1 aliphatic carbocycles. The topological polar surface area (TPSA) is 183 Å². The maximum Gasteiger partial charge on any atom is 0.314 e. The summed E-state index contributed by atoms with van der Waals surface area (Å²) in [6, 6.07) is 13.6. The average Bonchev–Trinajstić information content (AvgIpc) is 3.89. The lowest BCUT2D eigenvalue weighted by atomic mass is 9.96. The number of unbranched alkanes of at least 4 members (excludes halogenated alkanes) is 1. The Kier molecular flexibility index (Phi) is 12.9. The number of carbonyl (C=O) groups is 1. The molecule has 2 heterocycles. The Balaban J connectivity index is 1.10. The van der Waals surface area contributed by atoms with Gasteiger partial charge in [-0.05, 0) is 79.5 Å². The third kappa shape index (κ3) is 9.47. The molecule has 1 saturated heterocycles. The molecule has 0 radical (unpaired) electrons. The van der Waals surface area contributed by atoms with Crippen LogP contribution in [0.25, 0.3) is 11.1 Å². The first-order valence-corrected chi connectivity index (χ1v) is 17.0. The smallest absolute Gasteiger partial charge is 0.314 e. The Labute approximate surface area is 291 Å². The van der Waals surface area contributed by atoms with Crippen LogP contribution in [0, 0.1) is 6.92 Å². The molecule has 12 nitrogen and oxygen atoms in total. The van der Waals surface area contributed by atoms with Gasteiger partial charge >= 0.3 is 6.03 Å². The number of pyridine rings is 1. The molecule has 2 aliphatic rings. The minimum atomic E-state index is -1.75. The quantitative estimate of drug-likeness (QED) is 0.0975. The van der Waals surface area contributed by atoms with Gasteiger partial charge in [-0.1, -0.05) is 35.9 Å². The summed E-state index contributed by atoms with van der Waals surface area (Å²) in [5.74, 6) is 0.818. The molecule has 4 atom stereocenters. The highest BCUT2D eigenvalue weighted by Crippen LogP contribution is 2.53. The summed E-state index contributed by atoms with van der Waals surface area (Å²) < 4.78 is 18.1. The van der Waals surface area contributed by atoms with Gasteiger partial charge in [-0.2, -0.15) is 0 Å². The number of aryl methyl sites for hydroxylation is 2. The zero-order chi connectivity index (χ0) is 35.0. The van der Waals surface area contributed by atoms with Crippen LogP contribution in [0.4, 0.5) is 4.79 Å². The molecule has 2 amide bonds. The van der Waals surface area contributed by atoms with Gasteiger partial charge in [0.15, 0.2) is 0 Å². The second kappa shape index (κ2) is 17.1. The molecular formula is C36H46ClN3O9. The van der Waals surface area contributed by atoms with E-state index in [0.29, 0.717) is 37.8 Å². The van der Waals surface area contributed by atoms with E-state index in [-0.39, 0.29) is 12.6 Å². The lowest BCUT2D eigenvalue weighted by Gasteiger charge is -2.28. The van der Waals surface area contributed by atoms with Crippen LogP contribution < -0.4 is 15.4 Å². The Hall–Kier alpha value is -3.33. The van der Waals surface area contributed by atoms with Crippen molar-refractivity contribution < 1.29 is 44.5 Å². The predicted molar refractivity (Wildman–Crippen MR) is 182 cm³/mol. The number of para-hydroxylation sites is 1. The minimum Gasteiger partial charge on any atom is -0.485 e. The number of carbonyl (C=O) groups excluding carboxylic acids is 1. The molecule has 266 valence electrons. The number of amides is 2. The summed E-state index contributed by atoms with van der Waals surface area (Å²) in [5.41, 5.74) is 5.76.